The van der Waals surface area contributed by atoms with Crippen molar-refractivity contribution in [3.63, 3.8) is 0 Å². The van der Waals surface area contributed by atoms with Gasteiger partial charge >= 0.3 is 0 Å². The number of primary amides is 1. The zero-order valence-electron chi connectivity index (χ0n) is 12.2. The maximum atomic E-state index is 12.3. The Labute approximate surface area is 128 Å². The van der Waals surface area contributed by atoms with Crippen LogP contribution in [0.25, 0.3) is 0 Å². The molecular weight excluding hydrogens is 282 g/mol. The van der Waals surface area contributed by atoms with E-state index in [1.807, 2.05) is 0 Å². The van der Waals surface area contributed by atoms with E-state index in [1.165, 1.54) is 12.8 Å². The first-order chi connectivity index (χ1) is 10.5. The fraction of sp³-hybridized carbons (Fsp3) is 0.438. The van der Waals surface area contributed by atoms with Crippen LogP contribution in [0.1, 0.15) is 29.6 Å². The molecule has 0 spiro atoms. The number of carbonyl (C=O) groups is 3. The standard InChI is InChI=1S/C16H19N3O3/c17-15(21)12-3-1-2-4-13(12)18-16(22)11-7-14(20)19(9-11)8-10-5-6-10/h1-4,10-11H,5-9H2,(H2,17,21)(H,18,22). The highest BCUT2D eigenvalue weighted by Crippen LogP contribution is 2.32. The van der Waals surface area contributed by atoms with Gasteiger partial charge in [0.05, 0.1) is 17.2 Å². The van der Waals surface area contributed by atoms with E-state index in [0.717, 1.165) is 6.54 Å². The zero-order valence-corrected chi connectivity index (χ0v) is 12.2. The Hall–Kier alpha value is -2.37. The summed E-state index contributed by atoms with van der Waals surface area (Å²) in [6.07, 6.45) is 2.58. The number of likely N-dealkylation sites (tertiary alicyclic amines) is 1. The predicted octanol–water partition coefficient (Wildman–Crippen LogP) is 0.982. The van der Waals surface area contributed by atoms with Gasteiger partial charge in [-0.25, -0.2) is 0 Å². The summed E-state index contributed by atoms with van der Waals surface area (Å²) in [6.45, 7) is 1.22. The first-order valence-corrected chi connectivity index (χ1v) is 7.52. The fourth-order valence-corrected chi connectivity index (χ4v) is 2.78. The fourth-order valence-electron chi connectivity index (χ4n) is 2.78. The highest BCUT2D eigenvalue weighted by Gasteiger charge is 2.37. The largest absolute Gasteiger partial charge is 0.366 e. The van der Waals surface area contributed by atoms with Crippen LogP contribution in [0.4, 0.5) is 5.69 Å². The van der Waals surface area contributed by atoms with Gasteiger partial charge in [0.1, 0.15) is 0 Å². The van der Waals surface area contributed by atoms with E-state index in [1.54, 1.807) is 29.2 Å². The Morgan fingerprint density at radius 2 is 2.00 bits per heavy atom. The predicted molar refractivity (Wildman–Crippen MR) is 81.0 cm³/mol. The molecule has 1 atom stereocenters. The van der Waals surface area contributed by atoms with Gasteiger partial charge in [-0.15, -0.1) is 0 Å². The third-order valence-electron chi connectivity index (χ3n) is 4.21. The molecule has 6 nitrogen and oxygen atoms in total. The Balaban J connectivity index is 1.65. The second kappa shape index (κ2) is 5.79. The molecule has 2 fully saturated rings. The first kappa shape index (κ1) is 14.6. The summed E-state index contributed by atoms with van der Waals surface area (Å²) in [5.41, 5.74) is 5.97. The summed E-state index contributed by atoms with van der Waals surface area (Å²) in [7, 11) is 0. The normalized spacial score (nSPS) is 21.0. The van der Waals surface area contributed by atoms with E-state index in [4.69, 9.17) is 5.73 Å². The van der Waals surface area contributed by atoms with E-state index in [0.29, 0.717) is 18.2 Å². The number of benzene rings is 1. The van der Waals surface area contributed by atoms with Crippen LogP contribution in [-0.4, -0.2) is 35.7 Å². The summed E-state index contributed by atoms with van der Waals surface area (Å²) in [4.78, 5) is 37.4. The second-order valence-corrected chi connectivity index (χ2v) is 6.04. The van der Waals surface area contributed by atoms with Crippen LogP contribution in [0.2, 0.25) is 0 Å². The molecule has 2 aliphatic rings. The average molecular weight is 301 g/mol. The molecule has 116 valence electrons. The third kappa shape index (κ3) is 3.10. The van der Waals surface area contributed by atoms with Crippen LogP contribution in [-0.2, 0) is 9.59 Å². The van der Waals surface area contributed by atoms with E-state index in [2.05, 4.69) is 5.32 Å². The molecule has 1 aromatic carbocycles. The number of anilines is 1. The van der Waals surface area contributed by atoms with Gasteiger partial charge < -0.3 is 16.0 Å². The SMILES string of the molecule is NC(=O)c1ccccc1NC(=O)C1CC(=O)N(CC2CC2)C1. The number of hydrogen-bond donors (Lipinski definition) is 2. The van der Waals surface area contributed by atoms with Crippen LogP contribution in [0.15, 0.2) is 24.3 Å². The maximum Gasteiger partial charge on any atom is 0.250 e. The molecule has 3 amide bonds. The Morgan fingerprint density at radius 1 is 1.27 bits per heavy atom. The molecule has 6 heteroatoms. The number of carbonyl (C=O) groups excluding carboxylic acids is 3. The van der Waals surface area contributed by atoms with Crippen molar-refractivity contribution in [2.45, 2.75) is 19.3 Å². The van der Waals surface area contributed by atoms with E-state index in [9.17, 15) is 14.4 Å². The lowest BCUT2D eigenvalue weighted by molar-refractivity contribution is -0.128. The summed E-state index contributed by atoms with van der Waals surface area (Å²) in [5.74, 6) is -0.544. The molecule has 1 unspecified atom stereocenters. The lowest BCUT2D eigenvalue weighted by Crippen LogP contribution is -2.30. The van der Waals surface area contributed by atoms with Crippen molar-refractivity contribution in [1.82, 2.24) is 4.90 Å². The number of nitrogens with zero attached hydrogens (tertiary/aromatic N) is 1. The number of hydrogen-bond acceptors (Lipinski definition) is 3. The number of nitrogens with two attached hydrogens (primary N) is 1. The molecule has 1 aliphatic carbocycles. The van der Waals surface area contributed by atoms with Gasteiger partial charge in [-0.3, -0.25) is 14.4 Å². The van der Waals surface area contributed by atoms with Gasteiger partial charge in [0.2, 0.25) is 11.8 Å². The van der Waals surface area contributed by atoms with Gasteiger partial charge in [0, 0.05) is 19.5 Å². The topological polar surface area (TPSA) is 92.5 Å². The highest BCUT2D eigenvalue weighted by molar-refractivity contribution is 6.04. The Bertz CT molecular complexity index is 625. The first-order valence-electron chi connectivity index (χ1n) is 7.52. The molecule has 3 N–H and O–H groups in total. The van der Waals surface area contributed by atoms with Crippen molar-refractivity contribution in [3.8, 4) is 0 Å². The van der Waals surface area contributed by atoms with Crippen LogP contribution in [0, 0.1) is 11.8 Å². The highest BCUT2D eigenvalue weighted by atomic mass is 16.2. The minimum Gasteiger partial charge on any atom is -0.366 e. The van der Waals surface area contributed by atoms with Crippen LogP contribution < -0.4 is 11.1 Å². The average Bonchev–Trinajstić information content (AvgIpc) is 3.22. The molecular formula is C16H19N3O3. The van der Waals surface area contributed by atoms with E-state index in [-0.39, 0.29) is 29.7 Å². The van der Waals surface area contributed by atoms with Crippen molar-refractivity contribution in [2.24, 2.45) is 17.6 Å². The van der Waals surface area contributed by atoms with Crippen LogP contribution in [0.3, 0.4) is 0 Å². The molecule has 0 bridgehead atoms. The lowest BCUT2D eigenvalue weighted by Gasteiger charge is -2.16. The van der Waals surface area contributed by atoms with Crippen molar-refractivity contribution in [3.05, 3.63) is 29.8 Å². The van der Waals surface area contributed by atoms with Crippen molar-refractivity contribution in [1.29, 1.82) is 0 Å². The summed E-state index contributed by atoms with van der Waals surface area (Å²) in [5, 5.41) is 2.73. The summed E-state index contributed by atoms with van der Waals surface area (Å²) in [6, 6.07) is 6.61. The van der Waals surface area contributed by atoms with Crippen molar-refractivity contribution in [2.75, 3.05) is 18.4 Å². The molecule has 22 heavy (non-hydrogen) atoms. The second-order valence-electron chi connectivity index (χ2n) is 6.04. The van der Waals surface area contributed by atoms with Crippen LogP contribution in [0.5, 0.6) is 0 Å². The quantitative estimate of drug-likeness (QED) is 0.849. The van der Waals surface area contributed by atoms with Crippen molar-refractivity contribution >= 4 is 23.4 Å². The summed E-state index contributed by atoms with van der Waals surface area (Å²) >= 11 is 0. The van der Waals surface area contributed by atoms with Gasteiger partial charge in [0.25, 0.3) is 5.91 Å². The molecule has 1 heterocycles. The van der Waals surface area contributed by atoms with Gasteiger partial charge in [-0.05, 0) is 30.9 Å². The smallest absolute Gasteiger partial charge is 0.250 e. The minimum atomic E-state index is -0.589. The number of rotatable bonds is 5. The molecule has 1 aromatic rings. The van der Waals surface area contributed by atoms with Crippen molar-refractivity contribution < 1.29 is 14.4 Å². The van der Waals surface area contributed by atoms with Crippen LogP contribution >= 0.6 is 0 Å². The maximum absolute atomic E-state index is 12.3. The number of amides is 3. The van der Waals surface area contributed by atoms with E-state index < -0.39 is 5.91 Å². The number of para-hydroxylation sites is 1. The van der Waals surface area contributed by atoms with Gasteiger partial charge in [-0.1, -0.05) is 12.1 Å². The molecule has 3 rings (SSSR count). The monoisotopic (exact) mass is 301 g/mol. The molecule has 1 aliphatic heterocycles. The number of nitrogens with one attached hydrogen (secondary N) is 1. The van der Waals surface area contributed by atoms with Gasteiger partial charge in [0.15, 0.2) is 0 Å². The zero-order chi connectivity index (χ0) is 15.7. The summed E-state index contributed by atoms with van der Waals surface area (Å²) < 4.78 is 0. The molecule has 0 aromatic heterocycles. The lowest BCUT2D eigenvalue weighted by atomic mass is 10.1. The Kier molecular flexibility index (Phi) is 3.83. The molecule has 1 saturated heterocycles. The third-order valence-corrected chi connectivity index (χ3v) is 4.21. The van der Waals surface area contributed by atoms with E-state index >= 15 is 0 Å². The minimum absolute atomic E-state index is 0.0373. The molecule has 0 radical (unpaired) electrons. The Morgan fingerprint density at radius 3 is 2.68 bits per heavy atom. The molecule has 1 saturated carbocycles. The van der Waals surface area contributed by atoms with Gasteiger partial charge in [-0.2, -0.15) is 0 Å².